The third-order valence-electron chi connectivity index (χ3n) is 3.25. The second-order valence-electron chi connectivity index (χ2n) is 5.47. The summed E-state index contributed by atoms with van der Waals surface area (Å²) < 4.78 is 0. The molecule has 1 fully saturated rings. The molecule has 2 amide bonds. The van der Waals surface area contributed by atoms with Gasteiger partial charge >= 0.3 is 0 Å². The molecule has 0 bridgehead atoms. The van der Waals surface area contributed by atoms with Crippen LogP contribution in [0.4, 0.5) is 0 Å². The summed E-state index contributed by atoms with van der Waals surface area (Å²) >= 11 is 1.21. The molecule has 6 heteroatoms. The molecule has 110 valence electrons. The Balaban J connectivity index is 2.24. The highest BCUT2D eigenvalue weighted by atomic mass is 32.2. The molecule has 1 saturated heterocycles. The molecule has 1 aromatic rings. The van der Waals surface area contributed by atoms with Gasteiger partial charge in [-0.2, -0.15) is 5.26 Å². The first-order valence-corrected chi connectivity index (χ1v) is 7.67. The van der Waals surface area contributed by atoms with Crippen molar-refractivity contribution in [3.63, 3.8) is 0 Å². The Labute approximate surface area is 128 Å². The summed E-state index contributed by atoms with van der Waals surface area (Å²) in [6.45, 7) is 4.20. The van der Waals surface area contributed by atoms with E-state index in [4.69, 9.17) is 5.26 Å². The van der Waals surface area contributed by atoms with Crippen LogP contribution in [0.25, 0.3) is 0 Å². The van der Waals surface area contributed by atoms with E-state index in [0.717, 1.165) is 17.0 Å². The number of aromatic nitrogens is 1. The van der Waals surface area contributed by atoms with Crippen LogP contribution in [0.1, 0.15) is 31.5 Å². The number of hydrogen-bond donors (Lipinski definition) is 0. The first-order valence-electron chi connectivity index (χ1n) is 6.79. The van der Waals surface area contributed by atoms with Gasteiger partial charge in [0.2, 0.25) is 11.8 Å². The van der Waals surface area contributed by atoms with E-state index in [9.17, 15) is 9.59 Å². The van der Waals surface area contributed by atoms with E-state index >= 15 is 0 Å². The summed E-state index contributed by atoms with van der Waals surface area (Å²) in [6.07, 6.45) is 0.984. The Bertz CT molecular complexity index is 622. The van der Waals surface area contributed by atoms with E-state index < -0.39 is 5.25 Å². The lowest BCUT2D eigenvalue weighted by atomic mass is 10.1. The number of amides is 2. The molecular formula is C15H17N3O2S. The maximum absolute atomic E-state index is 12.0. The summed E-state index contributed by atoms with van der Waals surface area (Å²) in [5, 5.41) is 9.23. The molecule has 0 aromatic carbocycles. The quantitative estimate of drug-likeness (QED) is 0.795. The molecular weight excluding hydrogens is 286 g/mol. The number of hydrogen-bond acceptors (Lipinski definition) is 5. The molecule has 0 aliphatic carbocycles. The monoisotopic (exact) mass is 303 g/mol. The van der Waals surface area contributed by atoms with E-state index in [0.29, 0.717) is 16.5 Å². The predicted octanol–water partition coefficient (Wildman–Crippen LogP) is 2.00. The number of imide groups is 1. The van der Waals surface area contributed by atoms with E-state index in [1.165, 1.54) is 18.8 Å². The number of rotatable bonds is 4. The van der Waals surface area contributed by atoms with Crippen molar-refractivity contribution in [3.05, 3.63) is 23.4 Å². The molecule has 0 saturated carbocycles. The van der Waals surface area contributed by atoms with Gasteiger partial charge in [0.15, 0.2) is 0 Å². The van der Waals surface area contributed by atoms with Crippen LogP contribution in [0.5, 0.6) is 0 Å². The molecule has 2 heterocycles. The SMILES string of the molecule is CC(C)Cc1ccc(C#N)c(SC2CC(=O)N(C)C2=O)n1. The van der Waals surface area contributed by atoms with Crippen molar-refractivity contribution < 1.29 is 9.59 Å². The fraction of sp³-hybridized carbons (Fsp3) is 0.467. The zero-order chi connectivity index (χ0) is 15.6. The lowest BCUT2D eigenvalue weighted by Crippen LogP contribution is -2.26. The van der Waals surface area contributed by atoms with Crippen LogP contribution in [0.3, 0.4) is 0 Å². The van der Waals surface area contributed by atoms with E-state index in [1.807, 2.05) is 6.07 Å². The third-order valence-corrected chi connectivity index (χ3v) is 4.44. The number of pyridine rings is 1. The third kappa shape index (κ3) is 3.42. The molecule has 21 heavy (non-hydrogen) atoms. The lowest BCUT2D eigenvalue weighted by molar-refractivity contribution is -0.136. The van der Waals surface area contributed by atoms with Gasteiger partial charge in [0, 0.05) is 19.2 Å². The Morgan fingerprint density at radius 2 is 2.19 bits per heavy atom. The van der Waals surface area contributed by atoms with Crippen molar-refractivity contribution in [2.24, 2.45) is 5.92 Å². The topological polar surface area (TPSA) is 74.1 Å². The van der Waals surface area contributed by atoms with E-state index in [1.54, 1.807) is 6.07 Å². The summed E-state index contributed by atoms with van der Waals surface area (Å²) in [7, 11) is 1.49. The second kappa shape index (κ2) is 6.27. The molecule has 5 nitrogen and oxygen atoms in total. The molecule has 0 N–H and O–H groups in total. The minimum atomic E-state index is -0.476. The fourth-order valence-electron chi connectivity index (χ4n) is 2.13. The number of nitrogens with zero attached hydrogens (tertiary/aromatic N) is 3. The molecule has 0 spiro atoms. The van der Waals surface area contributed by atoms with Gasteiger partial charge in [-0.25, -0.2) is 4.98 Å². The zero-order valence-electron chi connectivity index (χ0n) is 12.3. The average molecular weight is 303 g/mol. The van der Waals surface area contributed by atoms with Gasteiger partial charge < -0.3 is 0 Å². The minimum absolute atomic E-state index is 0.168. The zero-order valence-corrected chi connectivity index (χ0v) is 13.1. The summed E-state index contributed by atoms with van der Waals surface area (Å²) in [5.74, 6) is 0.0587. The van der Waals surface area contributed by atoms with Crippen molar-refractivity contribution in [1.29, 1.82) is 5.26 Å². The van der Waals surface area contributed by atoms with Crippen molar-refractivity contribution in [3.8, 4) is 6.07 Å². The smallest absolute Gasteiger partial charge is 0.242 e. The fourth-order valence-corrected chi connectivity index (χ4v) is 3.30. The molecule has 1 atom stereocenters. The van der Waals surface area contributed by atoms with Gasteiger partial charge in [0.25, 0.3) is 0 Å². The molecule has 0 radical (unpaired) electrons. The highest BCUT2D eigenvalue weighted by Crippen LogP contribution is 2.32. The van der Waals surface area contributed by atoms with Gasteiger partial charge in [-0.1, -0.05) is 25.6 Å². The number of carbonyl (C=O) groups excluding carboxylic acids is 2. The van der Waals surface area contributed by atoms with Crippen molar-refractivity contribution in [1.82, 2.24) is 9.88 Å². The molecule has 1 aliphatic heterocycles. The maximum atomic E-state index is 12.0. The van der Waals surface area contributed by atoms with Crippen LogP contribution in [0.15, 0.2) is 17.2 Å². The van der Waals surface area contributed by atoms with Gasteiger partial charge in [-0.05, 0) is 24.5 Å². The summed E-state index contributed by atoms with van der Waals surface area (Å²) in [5.41, 5.74) is 1.35. The normalized spacial score (nSPS) is 18.4. The van der Waals surface area contributed by atoms with Gasteiger partial charge in [-0.15, -0.1) is 0 Å². The molecule has 2 rings (SSSR count). The Morgan fingerprint density at radius 3 is 2.71 bits per heavy atom. The number of nitriles is 1. The molecule has 1 unspecified atom stereocenters. The number of thioether (sulfide) groups is 1. The van der Waals surface area contributed by atoms with Crippen LogP contribution >= 0.6 is 11.8 Å². The van der Waals surface area contributed by atoms with Crippen LogP contribution in [0, 0.1) is 17.2 Å². The second-order valence-corrected chi connectivity index (χ2v) is 6.66. The van der Waals surface area contributed by atoms with Gasteiger partial charge in [0.05, 0.1) is 10.8 Å². The summed E-state index contributed by atoms with van der Waals surface area (Å²) in [4.78, 5) is 29.1. The highest BCUT2D eigenvalue weighted by molar-refractivity contribution is 8.00. The highest BCUT2D eigenvalue weighted by Gasteiger charge is 2.37. The Hall–Kier alpha value is -1.87. The standard InChI is InChI=1S/C15H17N3O2S/c1-9(2)6-11-5-4-10(8-16)14(17-11)21-12-7-13(19)18(3)15(12)20/h4-5,9,12H,6-7H2,1-3H3. The average Bonchev–Trinajstić information content (AvgIpc) is 2.66. The predicted molar refractivity (Wildman–Crippen MR) is 79.5 cm³/mol. The first-order chi connectivity index (χ1) is 9.92. The lowest BCUT2D eigenvalue weighted by Gasteiger charge is -2.11. The van der Waals surface area contributed by atoms with Crippen molar-refractivity contribution in [2.45, 2.75) is 37.0 Å². The number of carbonyl (C=O) groups is 2. The van der Waals surface area contributed by atoms with Crippen LogP contribution < -0.4 is 0 Å². The number of likely N-dealkylation sites (tertiary alicyclic amines) is 1. The van der Waals surface area contributed by atoms with Crippen LogP contribution in [-0.4, -0.2) is 34.0 Å². The Kier molecular flexibility index (Phi) is 4.63. The van der Waals surface area contributed by atoms with Crippen molar-refractivity contribution >= 4 is 23.6 Å². The minimum Gasteiger partial charge on any atom is -0.285 e. The molecule has 1 aromatic heterocycles. The van der Waals surface area contributed by atoms with Gasteiger partial charge in [0.1, 0.15) is 11.1 Å². The van der Waals surface area contributed by atoms with Crippen LogP contribution in [-0.2, 0) is 16.0 Å². The van der Waals surface area contributed by atoms with E-state index in [-0.39, 0.29) is 18.2 Å². The molecule has 1 aliphatic rings. The van der Waals surface area contributed by atoms with Gasteiger partial charge in [-0.3, -0.25) is 14.5 Å². The van der Waals surface area contributed by atoms with E-state index in [2.05, 4.69) is 24.9 Å². The first kappa shape index (κ1) is 15.5. The largest absolute Gasteiger partial charge is 0.285 e. The summed E-state index contributed by atoms with van der Waals surface area (Å²) in [6, 6.07) is 5.67. The van der Waals surface area contributed by atoms with Crippen molar-refractivity contribution in [2.75, 3.05) is 7.05 Å². The Morgan fingerprint density at radius 1 is 1.48 bits per heavy atom. The van der Waals surface area contributed by atoms with Crippen LogP contribution in [0.2, 0.25) is 0 Å². The maximum Gasteiger partial charge on any atom is 0.242 e.